The maximum atomic E-state index is 4.38. The first-order valence-electron chi connectivity index (χ1n) is 35.7. The van der Waals surface area contributed by atoms with Crippen molar-refractivity contribution in [2.45, 2.75) is 166 Å². The van der Waals surface area contributed by atoms with E-state index in [0.717, 1.165) is 50.1 Å². The van der Waals surface area contributed by atoms with Crippen LogP contribution >= 0.6 is 0 Å². The van der Waals surface area contributed by atoms with Crippen LogP contribution in [-0.2, 0) is 0 Å². The summed E-state index contributed by atoms with van der Waals surface area (Å²) in [5.41, 5.74) is 16.2. The summed E-state index contributed by atoms with van der Waals surface area (Å²) in [7, 11) is 0. The van der Waals surface area contributed by atoms with Crippen molar-refractivity contribution >= 4 is 76.3 Å². The Kier molecular flexibility index (Phi) is 50.5. The molecule has 0 saturated carbocycles. The van der Waals surface area contributed by atoms with E-state index in [1.54, 1.807) is 0 Å². The van der Waals surface area contributed by atoms with Crippen LogP contribution in [0.3, 0.4) is 0 Å². The molecular formula is C90H116N10. The molecule has 0 unspecified atom stereocenters. The first-order chi connectivity index (χ1) is 49.0. The Balaban J connectivity index is 0.00000109. The van der Waals surface area contributed by atoms with Gasteiger partial charge in [0, 0.05) is 80.6 Å². The molecule has 0 spiro atoms. The Bertz CT molecular complexity index is 3990. The van der Waals surface area contributed by atoms with Gasteiger partial charge >= 0.3 is 0 Å². The van der Waals surface area contributed by atoms with E-state index in [9.17, 15) is 0 Å². The van der Waals surface area contributed by atoms with E-state index < -0.39 is 0 Å². The molecule has 0 atom stereocenters. The third-order valence-electron chi connectivity index (χ3n) is 13.2. The highest BCUT2D eigenvalue weighted by atomic mass is 15.0. The fourth-order valence-electron chi connectivity index (χ4n) is 8.77. The van der Waals surface area contributed by atoms with Gasteiger partial charge in [0.05, 0.1) is 38.6 Å². The van der Waals surface area contributed by atoms with Gasteiger partial charge in [-0.3, -0.25) is 34.9 Å². The number of fused-ring (bicyclic) bond motifs is 7. The van der Waals surface area contributed by atoms with Crippen LogP contribution in [0.4, 0.5) is 0 Å². The van der Waals surface area contributed by atoms with Crippen LogP contribution in [0.15, 0.2) is 268 Å². The lowest BCUT2D eigenvalue weighted by Crippen LogP contribution is -1.84. The van der Waals surface area contributed by atoms with E-state index in [2.05, 4.69) is 201 Å². The Hall–Kier alpha value is -10.6. The summed E-state index contributed by atoms with van der Waals surface area (Å²) >= 11 is 0. The molecular weight excluding hydrogens is 1220 g/mol. The molecule has 0 saturated heterocycles. The predicted octanol–water partition coefficient (Wildman–Crippen LogP) is 26.2. The average Bonchev–Trinajstić information content (AvgIpc) is 0.982. The second kappa shape index (κ2) is 56.4. The van der Waals surface area contributed by atoms with E-state index in [0.29, 0.717) is 0 Å². The van der Waals surface area contributed by atoms with Crippen LogP contribution in [0.25, 0.3) is 76.3 Å². The van der Waals surface area contributed by atoms with Gasteiger partial charge in [0.25, 0.3) is 0 Å². The number of pyridine rings is 7. The molecule has 100 heavy (non-hydrogen) atoms. The molecule has 0 bridgehead atoms. The zero-order valence-corrected chi connectivity index (χ0v) is 64.9. The van der Waals surface area contributed by atoms with E-state index in [1.165, 1.54) is 83.7 Å². The molecule has 0 N–H and O–H groups in total. The third-order valence-corrected chi connectivity index (χ3v) is 13.2. The number of para-hydroxylation sites is 4. The van der Waals surface area contributed by atoms with E-state index in [4.69, 9.17) is 0 Å². The van der Waals surface area contributed by atoms with E-state index >= 15 is 0 Å². The maximum absolute atomic E-state index is 4.38. The molecule has 15 rings (SSSR count). The Morgan fingerprint density at radius 3 is 1.22 bits per heavy atom. The summed E-state index contributed by atoms with van der Waals surface area (Å²) in [6.45, 7) is 48.3. The summed E-state index contributed by atoms with van der Waals surface area (Å²) in [4.78, 5) is 41.0. The highest BCUT2D eigenvalue weighted by Gasteiger charge is 1.98. The van der Waals surface area contributed by atoms with Crippen LogP contribution in [-0.4, -0.2) is 49.8 Å². The van der Waals surface area contributed by atoms with Crippen molar-refractivity contribution in [1.82, 2.24) is 49.8 Å². The van der Waals surface area contributed by atoms with Gasteiger partial charge in [0.2, 0.25) is 0 Å². The minimum atomic E-state index is 0.759. The summed E-state index contributed by atoms with van der Waals surface area (Å²) in [6.07, 6.45) is 14.0. The maximum Gasteiger partial charge on any atom is 0.128 e. The third kappa shape index (κ3) is 33.1. The Morgan fingerprint density at radius 2 is 0.620 bits per heavy atom. The van der Waals surface area contributed by atoms with Gasteiger partial charge in [-0.2, -0.15) is 0 Å². The van der Waals surface area contributed by atoms with Gasteiger partial charge in [-0.15, -0.1) is 0 Å². The largest absolute Gasteiger partial charge is 0.256 e. The van der Waals surface area contributed by atoms with Crippen molar-refractivity contribution in [2.24, 2.45) is 0 Å². The molecule has 10 heteroatoms. The molecule has 0 aliphatic rings. The van der Waals surface area contributed by atoms with Crippen molar-refractivity contribution in [3.63, 3.8) is 0 Å². The summed E-state index contributed by atoms with van der Waals surface area (Å²) in [5.74, 6) is 0.759. The van der Waals surface area contributed by atoms with Crippen LogP contribution in [0, 0.1) is 55.4 Å². The smallest absolute Gasteiger partial charge is 0.128 e. The van der Waals surface area contributed by atoms with Crippen LogP contribution in [0.2, 0.25) is 0 Å². The quantitative estimate of drug-likeness (QED) is 0.145. The predicted molar refractivity (Wildman–Crippen MR) is 441 cm³/mol. The molecule has 8 heterocycles. The lowest BCUT2D eigenvalue weighted by atomic mass is 10.1. The number of hydrogen-bond acceptors (Lipinski definition) is 10. The van der Waals surface area contributed by atoms with Crippen molar-refractivity contribution in [2.75, 3.05) is 0 Å². The normalized spacial score (nSPS) is 9.00. The van der Waals surface area contributed by atoms with Gasteiger partial charge in [0.1, 0.15) is 18.5 Å². The number of aryl methyl sites for hydroxylation is 8. The van der Waals surface area contributed by atoms with Gasteiger partial charge in [-0.1, -0.05) is 250 Å². The van der Waals surface area contributed by atoms with Gasteiger partial charge in [-0.25, -0.2) is 15.0 Å². The molecule has 10 nitrogen and oxygen atoms in total. The van der Waals surface area contributed by atoms with Gasteiger partial charge < -0.3 is 0 Å². The molecule has 7 aromatic carbocycles. The molecule has 0 fully saturated rings. The minimum Gasteiger partial charge on any atom is -0.256 e. The number of nitrogens with zero attached hydrogens (tertiary/aromatic N) is 10. The number of rotatable bonds is 0. The number of benzene rings is 7. The minimum absolute atomic E-state index is 0.759. The summed E-state index contributed by atoms with van der Waals surface area (Å²) < 4.78 is 0. The zero-order valence-electron chi connectivity index (χ0n) is 64.9. The second-order valence-corrected chi connectivity index (χ2v) is 19.9. The zero-order chi connectivity index (χ0) is 74.9. The first-order valence-corrected chi connectivity index (χ1v) is 35.7. The molecule has 0 radical (unpaired) electrons. The van der Waals surface area contributed by atoms with E-state index in [-0.39, 0.29) is 0 Å². The number of hydrogen-bond donors (Lipinski definition) is 0. The molecule has 0 aliphatic heterocycles. The van der Waals surface area contributed by atoms with Gasteiger partial charge in [-0.05, 0) is 168 Å². The fraction of sp³-hybridized carbons (Fsp3) is 0.267. The van der Waals surface area contributed by atoms with Crippen molar-refractivity contribution < 1.29 is 0 Å². The Morgan fingerprint density at radius 1 is 0.230 bits per heavy atom. The molecule has 8 aromatic heterocycles. The molecule has 0 amide bonds. The second-order valence-electron chi connectivity index (χ2n) is 19.9. The van der Waals surface area contributed by atoms with Crippen LogP contribution in [0.5, 0.6) is 0 Å². The lowest BCUT2D eigenvalue weighted by molar-refractivity contribution is 0.974. The first kappa shape index (κ1) is 89.4. The average molecular weight is 1340 g/mol. The molecule has 15 aromatic rings. The lowest BCUT2D eigenvalue weighted by Gasteiger charge is -1.97. The van der Waals surface area contributed by atoms with Gasteiger partial charge in [0.15, 0.2) is 0 Å². The molecule has 0 aliphatic carbocycles. The standard InChI is InChI=1S/7C10H9N.C4H5N3.8C2H6/c1-8-4-2-6-10-9(8)5-3-7-11-10;1-8-4-2-5-9-6-3-7-11-10(8)9;1-8-4-5-10-9(7-8)3-2-6-11-10;1-8-4-5-9-3-2-6-11-10(9)7-8;1-8-6-9-4-2-3-5-10(9)11-7-8;1-8-6-7-11-10-5-3-2-4-9(8)10;1-8-6-7-9-4-2-3-5-10(9)11-8;1-4-6-2-5-3-7-4;8*1-2/h7*2-7H,1H3;2-3H,1H3;8*1-2H3. The van der Waals surface area contributed by atoms with Crippen molar-refractivity contribution in [3.05, 3.63) is 313 Å². The van der Waals surface area contributed by atoms with E-state index in [1.807, 2.05) is 271 Å². The van der Waals surface area contributed by atoms with Crippen LogP contribution in [0.1, 0.15) is 156 Å². The summed E-state index contributed by atoms with van der Waals surface area (Å²) in [6, 6.07) is 73.8. The molecule has 526 valence electrons. The topological polar surface area (TPSA) is 129 Å². The Labute approximate surface area is 602 Å². The van der Waals surface area contributed by atoms with Crippen molar-refractivity contribution in [3.8, 4) is 0 Å². The highest BCUT2D eigenvalue weighted by Crippen LogP contribution is 2.18. The van der Waals surface area contributed by atoms with Crippen LogP contribution < -0.4 is 0 Å². The SMILES string of the molecule is CC.CC.CC.CC.CC.CC.CC.CC.Cc1ccc2ccccc2n1.Cc1ccc2cccnc2c1.Cc1ccc2ncccc2c1.Cc1cccc2cccnc12.Cc1cccc2ncccc12.Cc1ccnc2ccccc12.Cc1cnc2ccccc2c1.Cc1ncncn1. The number of aromatic nitrogens is 10. The summed E-state index contributed by atoms with van der Waals surface area (Å²) in [5, 5.41) is 8.55. The fourth-order valence-corrected chi connectivity index (χ4v) is 8.77. The monoisotopic (exact) mass is 1340 g/mol. The highest BCUT2D eigenvalue weighted by molar-refractivity contribution is 5.84. The van der Waals surface area contributed by atoms with Crippen molar-refractivity contribution in [1.29, 1.82) is 0 Å².